The van der Waals surface area contributed by atoms with E-state index in [-0.39, 0.29) is 24.3 Å². The van der Waals surface area contributed by atoms with Crippen molar-refractivity contribution in [2.75, 3.05) is 12.8 Å². The normalized spacial score (nSPS) is 22.0. The van der Waals surface area contributed by atoms with E-state index in [1.807, 2.05) is 30.3 Å². The third kappa shape index (κ3) is 5.02. The number of rotatable bonds is 6. The maximum Gasteiger partial charge on any atom is 0.410 e. The second kappa shape index (κ2) is 8.78. The molecule has 0 bridgehead atoms. The molecule has 1 amide bonds. The van der Waals surface area contributed by atoms with Gasteiger partial charge in [-0.2, -0.15) is 0 Å². The van der Waals surface area contributed by atoms with Gasteiger partial charge in [-0.05, 0) is 48.8 Å². The fourth-order valence-corrected chi connectivity index (χ4v) is 5.02. The first-order valence-electron chi connectivity index (χ1n) is 10.5. The number of carbonyl (C=O) groups is 1. The number of hydrogen-bond donors (Lipinski definition) is 1. The van der Waals surface area contributed by atoms with E-state index in [1.165, 1.54) is 0 Å². The van der Waals surface area contributed by atoms with E-state index in [0.29, 0.717) is 19.4 Å². The molecule has 0 aromatic heterocycles. The van der Waals surface area contributed by atoms with Crippen molar-refractivity contribution in [3.63, 3.8) is 0 Å². The van der Waals surface area contributed by atoms with Gasteiger partial charge in [0.2, 0.25) is 10.0 Å². The van der Waals surface area contributed by atoms with Gasteiger partial charge >= 0.3 is 6.09 Å². The molecule has 0 spiro atoms. The standard InChI is InChI=1S/C23H28N2O4S/c1-30(27,28)24-21-13-14-25(23(26)29-20-11-6-12-20)22(21)16-17-7-5-10-19(15-17)18-8-3-2-4-9-18/h2-5,7-10,15,20-22,24H,6,11-14,16H2,1H3/t21-,22-/m0/s1. The molecule has 2 aromatic carbocycles. The molecule has 1 saturated heterocycles. The highest BCUT2D eigenvalue weighted by Gasteiger charge is 2.40. The SMILES string of the molecule is CS(=O)(=O)N[C@H]1CCN(C(=O)OC2CCC2)[C@H]1Cc1cccc(-c2ccccc2)c1. The highest BCUT2D eigenvalue weighted by Crippen LogP contribution is 2.28. The predicted octanol–water partition coefficient (Wildman–Crippen LogP) is 3.58. The van der Waals surface area contributed by atoms with Gasteiger partial charge < -0.3 is 9.64 Å². The lowest BCUT2D eigenvalue weighted by Crippen LogP contribution is -2.48. The molecule has 30 heavy (non-hydrogen) atoms. The summed E-state index contributed by atoms with van der Waals surface area (Å²) in [5, 5.41) is 0. The van der Waals surface area contributed by atoms with Crippen LogP contribution in [0.25, 0.3) is 11.1 Å². The van der Waals surface area contributed by atoms with Crippen LogP contribution in [0.15, 0.2) is 54.6 Å². The number of sulfonamides is 1. The van der Waals surface area contributed by atoms with E-state index in [4.69, 9.17) is 4.74 Å². The van der Waals surface area contributed by atoms with Crippen LogP contribution in [-0.4, -0.2) is 50.4 Å². The van der Waals surface area contributed by atoms with E-state index in [2.05, 4.69) is 29.0 Å². The molecular formula is C23H28N2O4S. The van der Waals surface area contributed by atoms with E-state index in [0.717, 1.165) is 42.2 Å². The van der Waals surface area contributed by atoms with Gasteiger partial charge in [-0.25, -0.2) is 17.9 Å². The Morgan fingerprint density at radius 3 is 2.47 bits per heavy atom. The fourth-order valence-electron chi connectivity index (χ4n) is 4.19. The van der Waals surface area contributed by atoms with E-state index in [9.17, 15) is 13.2 Å². The van der Waals surface area contributed by atoms with Crippen LogP contribution in [0.4, 0.5) is 4.79 Å². The number of benzene rings is 2. The van der Waals surface area contributed by atoms with Gasteiger partial charge in [0.05, 0.1) is 12.3 Å². The van der Waals surface area contributed by atoms with Gasteiger partial charge in [-0.3, -0.25) is 0 Å². The van der Waals surface area contributed by atoms with Crippen molar-refractivity contribution in [3.05, 3.63) is 60.2 Å². The number of nitrogens with zero attached hydrogens (tertiary/aromatic N) is 1. The average Bonchev–Trinajstić information content (AvgIpc) is 3.06. The third-order valence-corrected chi connectivity index (χ3v) is 6.68. The molecule has 1 N–H and O–H groups in total. The van der Waals surface area contributed by atoms with Crippen LogP contribution in [0.1, 0.15) is 31.2 Å². The Kier molecular flexibility index (Phi) is 6.11. The molecule has 2 fully saturated rings. The van der Waals surface area contributed by atoms with Crippen LogP contribution in [0.3, 0.4) is 0 Å². The molecule has 1 heterocycles. The van der Waals surface area contributed by atoms with Gasteiger partial charge in [0, 0.05) is 12.6 Å². The molecule has 2 aromatic rings. The van der Waals surface area contributed by atoms with Crippen molar-refractivity contribution in [1.82, 2.24) is 9.62 Å². The van der Waals surface area contributed by atoms with Crippen molar-refractivity contribution in [2.45, 2.75) is 50.3 Å². The molecule has 0 unspecified atom stereocenters. The largest absolute Gasteiger partial charge is 0.446 e. The summed E-state index contributed by atoms with van der Waals surface area (Å²) in [7, 11) is -3.38. The first-order chi connectivity index (χ1) is 14.4. The van der Waals surface area contributed by atoms with Crippen molar-refractivity contribution < 1.29 is 17.9 Å². The lowest BCUT2D eigenvalue weighted by Gasteiger charge is -2.32. The first-order valence-corrected chi connectivity index (χ1v) is 12.4. The minimum absolute atomic E-state index is 0.00137. The fraction of sp³-hybridized carbons (Fsp3) is 0.435. The zero-order valence-corrected chi connectivity index (χ0v) is 18.0. The topological polar surface area (TPSA) is 75.7 Å². The Morgan fingerprint density at radius 2 is 1.80 bits per heavy atom. The Balaban J connectivity index is 1.55. The third-order valence-electron chi connectivity index (χ3n) is 5.94. The van der Waals surface area contributed by atoms with Crippen LogP contribution in [0.5, 0.6) is 0 Å². The summed E-state index contributed by atoms with van der Waals surface area (Å²) in [6.07, 6.45) is 4.89. The molecule has 2 aliphatic rings. The molecule has 1 saturated carbocycles. The molecule has 1 aliphatic carbocycles. The minimum atomic E-state index is -3.38. The number of amides is 1. The summed E-state index contributed by atoms with van der Waals surface area (Å²) in [5.74, 6) is 0. The Hall–Kier alpha value is -2.38. The number of nitrogens with one attached hydrogen (secondary N) is 1. The predicted molar refractivity (Wildman–Crippen MR) is 117 cm³/mol. The number of likely N-dealkylation sites (tertiary alicyclic amines) is 1. The lowest BCUT2D eigenvalue weighted by atomic mass is 9.96. The first kappa shape index (κ1) is 20.9. The van der Waals surface area contributed by atoms with E-state index >= 15 is 0 Å². The van der Waals surface area contributed by atoms with Crippen LogP contribution >= 0.6 is 0 Å². The Bertz CT molecular complexity index is 989. The second-order valence-corrected chi connectivity index (χ2v) is 10.0. The van der Waals surface area contributed by atoms with E-state index < -0.39 is 10.0 Å². The number of carbonyl (C=O) groups excluding carboxylic acids is 1. The van der Waals surface area contributed by atoms with Crippen LogP contribution < -0.4 is 4.72 Å². The van der Waals surface area contributed by atoms with Crippen molar-refractivity contribution in [3.8, 4) is 11.1 Å². The van der Waals surface area contributed by atoms with Gasteiger partial charge in [0.15, 0.2) is 0 Å². The monoisotopic (exact) mass is 428 g/mol. The smallest absolute Gasteiger partial charge is 0.410 e. The maximum absolute atomic E-state index is 12.8. The van der Waals surface area contributed by atoms with Gasteiger partial charge in [-0.1, -0.05) is 54.6 Å². The molecule has 4 rings (SSSR count). The number of ether oxygens (including phenoxy) is 1. The summed E-state index contributed by atoms with van der Waals surface area (Å²) in [5.41, 5.74) is 3.28. The molecular weight excluding hydrogens is 400 g/mol. The second-order valence-electron chi connectivity index (χ2n) is 8.25. The Morgan fingerprint density at radius 1 is 1.07 bits per heavy atom. The summed E-state index contributed by atoms with van der Waals surface area (Å²) in [4.78, 5) is 14.5. The van der Waals surface area contributed by atoms with Crippen LogP contribution in [0.2, 0.25) is 0 Å². The minimum Gasteiger partial charge on any atom is -0.446 e. The highest BCUT2D eigenvalue weighted by molar-refractivity contribution is 7.88. The summed E-state index contributed by atoms with van der Waals surface area (Å²) < 4.78 is 32.1. The van der Waals surface area contributed by atoms with Gasteiger partial charge in [0.25, 0.3) is 0 Å². The van der Waals surface area contributed by atoms with Gasteiger partial charge in [-0.15, -0.1) is 0 Å². The van der Waals surface area contributed by atoms with Crippen molar-refractivity contribution in [2.24, 2.45) is 0 Å². The van der Waals surface area contributed by atoms with Crippen LogP contribution in [0, 0.1) is 0 Å². The summed E-state index contributed by atoms with van der Waals surface area (Å²) in [6, 6.07) is 17.7. The quantitative estimate of drug-likeness (QED) is 0.763. The lowest BCUT2D eigenvalue weighted by molar-refractivity contribution is 0.0239. The van der Waals surface area contributed by atoms with Crippen molar-refractivity contribution in [1.29, 1.82) is 0 Å². The highest BCUT2D eigenvalue weighted by atomic mass is 32.2. The summed E-state index contributed by atoms with van der Waals surface area (Å²) in [6.45, 7) is 0.488. The number of hydrogen-bond acceptors (Lipinski definition) is 4. The molecule has 7 heteroatoms. The molecule has 6 nitrogen and oxygen atoms in total. The molecule has 0 radical (unpaired) electrons. The average molecular weight is 429 g/mol. The van der Waals surface area contributed by atoms with Gasteiger partial charge in [0.1, 0.15) is 6.10 Å². The molecule has 1 aliphatic heterocycles. The zero-order valence-electron chi connectivity index (χ0n) is 17.2. The Labute approximate surface area is 178 Å². The van der Waals surface area contributed by atoms with Crippen LogP contribution in [-0.2, 0) is 21.2 Å². The molecule has 2 atom stereocenters. The maximum atomic E-state index is 12.8. The zero-order chi connectivity index (χ0) is 21.1. The molecule has 160 valence electrons. The summed E-state index contributed by atoms with van der Waals surface area (Å²) >= 11 is 0. The van der Waals surface area contributed by atoms with E-state index in [1.54, 1.807) is 4.90 Å². The van der Waals surface area contributed by atoms with Crippen molar-refractivity contribution >= 4 is 16.1 Å².